The first-order chi connectivity index (χ1) is 8.40. The summed E-state index contributed by atoms with van der Waals surface area (Å²) < 4.78 is 5.52. The lowest BCUT2D eigenvalue weighted by Crippen LogP contribution is -2.19. The van der Waals surface area contributed by atoms with Crippen molar-refractivity contribution in [3.63, 3.8) is 0 Å². The SMILES string of the molecule is COc1c(C)cc(CNCCO)cc1C(C)(C)C. The van der Waals surface area contributed by atoms with Crippen molar-refractivity contribution in [3.05, 3.63) is 28.8 Å². The van der Waals surface area contributed by atoms with Crippen LogP contribution in [0, 0.1) is 6.92 Å². The quantitative estimate of drug-likeness (QED) is 0.790. The van der Waals surface area contributed by atoms with Crippen LogP contribution in [0.25, 0.3) is 0 Å². The standard InChI is InChI=1S/C15H25NO2/c1-11-8-12(10-16-6-7-17)9-13(14(11)18-5)15(2,3)4/h8-9,16-17H,6-7,10H2,1-5H3. The molecular formula is C15H25NO2. The number of benzene rings is 1. The average molecular weight is 251 g/mol. The molecule has 3 heteroatoms. The van der Waals surface area contributed by atoms with Crippen molar-refractivity contribution >= 4 is 0 Å². The maximum absolute atomic E-state index is 8.78. The van der Waals surface area contributed by atoms with Crippen molar-refractivity contribution in [1.29, 1.82) is 0 Å². The van der Waals surface area contributed by atoms with E-state index in [0.717, 1.165) is 17.9 Å². The molecule has 18 heavy (non-hydrogen) atoms. The second-order valence-corrected chi connectivity index (χ2v) is 5.64. The summed E-state index contributed by atoms with van der Waals surface area (Å²) in [6, 6.07) is 4.33. The van der Waals surface area contributed by atoms with Gasteiger partial charge in [0.2, 0.25) is 0 Å². The summed E-state index contributed by atoms with van der Waals surface area (Å²) >= 11 is 0. The van der Waals surface area contributed by atoms with Gasteiger partial charge in [0.15, 0.2) is 0 Å². The summed E-state index contributed by atoms with van der Waals surface area (Å²) in [5, 5.41) is 12.0. The van der Waals surface area contributed by atoms with Gasteiger partial charge in [-0.2, -0.15) is 0 Å². The Hall–Kier alpha value is -1.06. The van der Waals surface area contributed by atoms with Crippen molar-refractivity contribution in [2.24, 2.45) is 0 Å². The highest BCUT2D eigenvalue weighted by atomic mass is 16.5. The number of hydrogen-bond donors (Lipinski definition) is 2. The molecule has 0 atom stereocenters. The van der Waals surface area contributed by atoms with E-state index in [0.29, 0.717) is 6.54 Å². The number of aliphatic hydroxyl groups excluding tert-OH is 1. The fourth-order valence-electron chi connectivity index (χ4n) is 2.09. The monoisotopic (exact) mass is 251 g/mol. The van der Waals surface area contributed by atoms with Crippen LogP contribution in [0.3, 0.4) is 0 Å². The maximum Gasteiger partial charge on any atom is 0.125 e. The number of ether oxygens (including phenoxy) is 1. The van der Waals surface area contributed by atoms with Gasteiger partial charge in [-0.05, 0) is 23.5 Å². The van der Waals surface area contributed by atoms with Gasteiger partial charge in [0.1, 0.15) is 5.75 Å². The van der Waals surface area contributed by atoms with Crippen molar-refractivity contribution < 1.29 is 9.84 Å². The molecule has 0 radical (unpaired) electrons. The van der Waals surface area contributed by atoms with Crippen molar-refractivity contribution in [2.45, 2.75) is 39.7 Å². The van der Waals surface area contributed by atoms with Crippen LogP contribution in [0.2, 0.25) is 0 Å². The lowest BCUT2D eigenvalue weighted by Gasteiger charge is -2.24. The van der Waals surface area contributed by atoms with Crippen LogP contribution in [0.15, 0.2) is 12.1 Å². The van der Waals surface area contributed by atoms with E-state index < -0.39 is 0 Å². The molecule has 2 N–H and O–H groups in total. The fourth-order valence-corrected chi connectivity index (χ4v) is 2.09. The smallest absolute Gasteiger partial charge is 0.125 e. The molecule has 1 rings (SSSR count). The highest BCUT2D eigenvalue weighted by Crippen LogP contribution is 2.34. The molecule has 0 saturated heterocycles. The Kier molecular flexibility index (Phi) is 5.17. The lowest BCUT2D eigenvalue weighted by atomic mass is 9.84. The molecule has 3 nitrogen and oxygen atoms in total. The third kappa shape index (κ3) is 3.72. The Balaban J connectivity index is 3.06. The summed E-state index contributed by atoms with van der Waals surface area (Å²) in [6.45, 7) is 10.2. The zero-order valence-electron chi connectivity index (χ0n) is 12.1. The molecule has 102 valence electrons. The Bertz CT molecular complexity index is 394. The Labute approximate surface area is 110 Å². The van der Waals surface area contributed by atoms with Gasteiger partial charge < -0.3 is 15.2 Å². The van der Waals surface area contributed by atoms with Crippen molar-refractivity contribution in [2.75, 3.05) is 20.3 Å². The van der Waals surface area contributed by atoms with Crippen molar-refractivity contribution in [3.8, 4) is 5.75 Å². The van der Waals surface area contributed by atoms with Crippen LogP contribution in [0.1, 0.15) is 37.5 Å². The molecule has 0 aromatic heterocycles. The van der Waals surface area contributed by atoms with Crippen LogP contribution in [-0.2, 0) is 12.0 Å². The molecular weight excluding hydrogens is 226 g/mol. The minimum atomic E-state index is 0.0586. The number of aryl methyl sites for hydroxylation is 1. The minimum Gasteiger partial charge on any atom is -0.496 e. The predicted molar refractivity (Wildman–Crippen MR) is 75.2 cm³/mol. The molecule has 0 spiro atoms. The zero-order valence-corrected chi connectivity index (χ0v) is 12.1. The zero-order chi connectivity index (χ0) is 13.8. The third-order valence-electron chi connectivity index (χ3n) is 2.96. The third-order valence-corrected chi connectivity index (χ3v) is 2.96. The van der Waals surface area contributed by atoms with E-state index in [2.05, 4.69) is 45.1 Å². The topological polar surface area (TPSA) is 41.5 Å². The molecule has 0 aliphatic heterocycles. The first-order valence-corrected chi connectivity index (χ1v) is 6.39. The molecule has 1 aromatic carbocycles. The summed E-state index contributed by atoms with van der Waals surface area (Å²) in [5.74, 6) is 0.980. The Morgan fingerprint density at radius 1 is 1.28 bits per heavy atom. The van der Waals surface area contributed by atoms with Crippen LogP contribution in [0.4, 0.5) is 0 Å². The highest BCUT2D eigenvalue weighted by Gasteiger charge is 2.20. The van der Waals surface area contributed by atoms with Gasteiger partial charge in [0.05, 0.1) is 13.7 Å². The molecule has 0 aliphatic rings. The van der Waals surface area contributed by atoms with E-state index in [1.54, 1.807) is 7.11 Å². The molecule has 0 unspecified atom stereocenters. The van der Waals surface area contributed by atoms with Gasteiger partial charge in [-0.1, -0.05) is 32.9 Å². The van der Waals surface area contributed by atoms with Crippen LogP contribution in [0.5, 0.6) is 5.75 Å². The van der Waals surface area contributed by atoms with Crippen LogP contribution >= 0.6 is 0 Å². The number of hydrogen-bond acceptors (Lipinski definition) is 3. The van der Waals surface area contributed by atoms with Gasteiger partial charge >= 0.3 is 0 Å². The second-order valence-electron chi connectivity index (χ2n) is 5.64. The van der Waals surface area contributed by atoms with Gasteiger partial charge in [-0.15, -0.1) is 0 Å². The predicted octanol–water partition coefficient (Wildman–Crippen LogP) is 2.38. The minimum absolute atomic E-state index is 0.0586. The maximum atomic E-state index is 8.78. The van der Waals surface area contributed by atoms with E-state index in [-0.39, 0.29) is 12.0 Å². The number of methoxy groups -OCH3 is 1. The summed E-state index contributed by atoms with van der Waals surface area (Å²) in [5.41, 5.74) is 3.67. The molecule has 0 heterocycles. The fraction of sp³-hybridized carbons (Fsp3) is 0.600. The van der Waals surface area contributed by atoms with E-state index in [1.165, 1.54) is 11.1 Å². The number of nitrogens with one attached hydrogen (secondary N) is 1. The van der Waals surface area contributed by atoms with E-state index >= 15 is 0 Å². The van der Waals surface area contributed by atoms with Crippen LogP contribution in [-0.4, -0.2) is 25.4 Å². The first kappa shape index (κ1) is 15.0. The Morgan fingerprint density at radius 3 is 2.44 bits per heavy atom. The lowest BCUT2D eigenvalue weighted by molar-refractivity contribution is 0.292. The summed E-state index contributed by atoms with van der Waals surface area (Å²) in [4.78, 5) is 0. The average Bonchev–Trinajstić information content (AvgIpc) is 2.27. The molecule has 1 aromatic rings. The summed E-state index contributed by atoms with van der Waals surface area (Å²) in [7, 11) is 1.72. The Morgan fingerprint density at radius 2 is 1.94 bits per heavy atom. The largest absolute Gasteiger partial charge is 0.496 e. The second kappa shape index (κ2) is 6.21. The van der Waals surface area contributed by atoms with E-state index in [9.17, 15) is 0 Å². The molecule has 0 saturated carbocycles. The number of rotatable bonds is 5. The molecule has 0 bridgehead atoms. The molecule has 0 aliphatic carbocycles. The van der Waals surface area contributed by atoms with Gasteiger partial charge in [-0.3, -0.25) is 0 Å². The van der Waals surface area contributed by atoms with Gasteiger partial charge in [-0.25, -0.2) is 0 Å². The van der Waals surface area contributed by atoms with Gasteiger partial charge in [0, 0.05) is 18.7 Å². The highest BCUT2D eigenvalue weighted by molar-refractivity contribution is 5.47. The van der Waals surface area contributed by atoms with E-state index in [1.807, 2.05) is 0 Å². The van der Waals surface area contributed by atoms with Crippen molar-refractivity contribution in [1.82, 2.24) is 5.32 Å². The van der Waals surface area contributed by atoms with Crippen LogP contribution < -0.4 is 10.1 Å². The molecule has 0 amide bonds. The number of aliphatic hydroxyl groups is 1. The van der Waals surface area contributed by atoms with E-state index in [4.69, 9.17) is 9.84 Å². The first-order valence-electron chi connectivity index (χ1n) is 6.39. The van der Waals surface area contributed by atoms with Gasteiger partial charge in [0.25, 0.3) is 0 Å². The normalized spacial score (nSPS) is 11.7. The molecule has 0 fully saturated rings. The summed E-state index contributed by atoms with van der Waals surface area (Å²) in [6.07, 6.45) is 0.